The summed E-state index contributed by atoms with van der Waals surface area (Å²) in [5.74, 6) is 1.97. The van der Waals surface area contributed by atoms with E-state index in [0.717, 1.165) is 30.2 Å². The molecule has 0 N–H and O–H groups in total. The zero-order valence-corrected chi connectivity index (χ0v) is 18.8. The Morgan fingerprint density at radius 3 is 2.35 bits per heavy atom. The van der Waals surface area contributed by atoms with Crippen LogP contribution in [0.15, 0.2) is 24.3 Å². The van der Waals surface area contributed by atoms with Gasteiger partial charge in [-0.25, -0.2) is 9.37 Å². The molecule has 5 rings (SSSR count). The molecule has 1 heterocycles. The summed E-state index contributed by atoms with van der Waals surface area (Å²) < 4.78 is 22.3. The molecule has 3 fully saturated rings. The van der Waals surface area contributed by atoms with Gasteiger partial charge in [-0.1, -0.05) is 23.7 Å². The molecular weight excluding hydrogens is 413 g/mol. The third kappa shape index (κ3) is 4.01. The van der Waals surface area contributed by atoms with Gasteiger partial charge in [-0.05, 0) is 87.8 Å². The van der Waals surface area contributed by atoms with E-state index in [-0.39, 0.29) is 5.82 Å². The second kappa shape index (κ2) is 7.90. The van der Waals surface area contributed by atoms with Crippen molar-refractivity contribution in [2.24, 2.45) is 11.8 Å². The van der Waals surface area contributed by atoms with Gasteiger partial charge in [-0.2, -0.15) is 5.26 Å². The van der Waals surface area contributed by atoms with Crippen molar-refractivity contribution >= 4 is 11.6 Å². The van der Waals surface area contributed by atoms with E-state index in [0.29, 0.717) is 42.7 Å². The Bertz CT molecular complexity index is 993. The van der Waals surface area contributed by atoms with Crippen LogP contribution in [0.5, 0.6) is 0 Å². The Labute approximate surface area is 188 Å². The van der Waals surface area contributed by atoms with E-state index < -0.39 is 11.0 Å². The van der Waals surface area contributed by atoms with Gasteiger partial charge in [0.2, 0.25) is 0 Å². The Morgan fingerprint density at radius 1 is 1.13 bits per heavy atom. The minimum atomic E-state index is -0.618. The normalized spacial score (nSPS) is 28.5. The number of aryl methyl sites for hydroxylation is 1. The summed E-state index contributed by atoms with van der Waals surface area (Å²) in [6.45, 7) is 3.60. The second-order valence-electron chi connectivity index (χ2n) is 9.82. The first-order valence-corrected chi connectivity index (χ1v) is 11.9. The fourth-order valence-electron chi connectivity index (χ4n) is 4.94. The molecule has 2 aromatic rings. The third-order valence-corrected chi connectivity index (χ3v) is 7.90. The number of nitrogens with zero attached hydrogens (tertiary/aromatic N) is 3. The molecule has 164 valence electrons. The SMILES string of the molecule is Cc1nc([C@]2(OCC3CC3)CC[C@](C#N)(c3ccc(F)cc3)CC2)n(CC2CC2)c1Cl. The van der Waals surface area contributed by atoms with E-state index >= 15 is 0 Å². The predicted molar refractivity (Wildman–Crippen MR) is 117 cm³/mol. The van der Waals surface area contributed by atoms with Crippen LogP contribution in [0.4, 0.5) is 4.39 Å². The van der Waals surface area contributed by atoms with E-state index in [4.69, 9.17) is 21.3 Å². The lowest BCUT2D eigenvalue weighted by atomic mass is 9.65. The van der Waals surface area contributed by atoms with Crippen LogP contribution in [0.1, 0.15) is 68.4 Å². The predicted octanol–water partition coefficient (Wildman–Crippen LogP) is 6.05. The van der Waals surface area contributed by atoms with Crippen LogP contribution in [-0.4, -0.2) is 16.2 Å². The summed E-state index contributed by atoms with van der Waals surface area (Å²) in [5.41, 5.74) is 0.605. The fraction of sp³-hybridized carbons (Fsp3) is 0.600. The molecular formula is C25H29ClFN3O. The van der Waals surface area contributed by atoms with Crippen LogP contribution in [0.3, 0.4) is 0 Å². The molecule has 31 heavy (non-hydrogen) atoms. The number of hydrogen-bond donors (Lipinski definition) is 0. The molecule has 1 aromatic heterocycles. The van der Waals surface area contributed by atoms with Crippen molar-refractivity contribution in [1.82, 2.24) is 9.55 Å². The van der Waals surface area contributed by atoms with Gasteiger partial charge in [0.1, 0.15) is 22.4 Å². The summed E-state index contributed by atoms with van der Waals surface area (Å²) in [4.78, 5) is 4.92. The number of hydrogen-bond acceptors (Lipinski definition) is 3. The topological polar surface area (TPSA) is 50.8 Å². The smallest absolute Gasteiger partial charge is 0.142 e. The van der Waals surface area contributed by atoms with Crippen molar-refractivity contribution in [2.45, 2.75) is 75.9 Å². The first-order chi connectivity index (χ1) is 14.9. The molecule has 0 saturated heterocycles. The molecule has 0 atom stereocenters. The highest BCUT2D eigenvalue weighted by molar-refractivity contribution is 6.30. The van der Waals surface area contributed by atoms with Gasteiger partial charge >= 0.3 is 0 Å². The molecule has 0 bridgehead atoms. The Kier molecular flexibility index (Phi) is 5.35. The van der Waals surface area contributed by atoms with Gasteiger partial charge in [0.15, 0.2) is 0 Å². The van der Waals surface area contributed by atoms with Crippen LogP contribution >= 0.6 is 11.6 Å². The molecule has 0 aliphatic heterocycles. The van der Waals surface area contributed by atoms with E-state index in [1.807, 2.05) is 6.92 Å². The zero-order valence-electron chi connectivity index (χ0n) is 18.0. The Hall–Kier alpha value is -1.90. The number of ether oxygens (including phenoxy) is 1. The number of halogens is 2. The molecule has 3 saturated carbocycles. The molecule has 0 radical (unpaired) electrons. The lowest BCUT2D eigenvalue weighted by Gasteiger charge is -2.43. The average molecular weight is 442 g/mol. The maximum absolute atomic E-state index is 13.5. The minimum absolute atomic E-state index is 0.276. The zero-order chi connectivity index (χ0) is 21.6. The molecule has 4 nitrogen and oxygen atoms in total. The quantitative estimate of drug-likeness (QED) is 0.525. The van der Waals surface area contributed by atoms with E-state index in [2.05, 4.69) is 10.6 Å². The molecule has 6 heteroatoms. The average Bonchev–Trinajstić information content (AvgIpc) is 3.70. The molecule has 3 aliphatic rings. The van der Waals surface area contributed by atoms with Crippen LogP contribution in [0.2, 0.25) is 5.15 Å². The maximum Gasteiger partial charge on any atom is 0.142 e. The lowest BCUT2D eigenvalue weighted by Crippen LogP contribution is -2.43. The summed E-state index contributed by atoms with van der Waals surface area (Å²) in [6.07, 6.45) is 7.67. The highest BCUT2D eigenvalue weighted by Gasteiger charge is 2.49. The first kappa shape index (κ1) is 21.0. The standard InChI is InChI=1S/C25H29ClFN3O/c1-17-22(26)30(14-18-2-3-18)23(29-17)25(31-15-19-4-5-19)12-10-24(16-28,11-13-25)20-6-8-21(27)9-7-20/h6-9,18-19H,2-5,10-15H2,1H3/t24-,25-. The minimum Gasteiger partial charge on any atom is -0.367 e. The number of aromatic nitrogens is 2. The van der Waals surface area contributed by atoms with Crippen LogP contribution in [-0.2, 0) is 22.3 Å². The van der Waals surface area contributed by atoms with E-state index in [9.17, 15) is 9.65 Å². The highest BCUT2D eigenvalue weighted by Crippen LogP contribution is 2.50. The maximum atomic E-state index is 13.5. The Morgan fingerprint density at radius 2 is 1.77 bits per heavy atom. The van der Waals surface area contributed by atoms with Crippen LogP contribution in [0, 0.1) is 35.9 Å². The summed E-state index contributed by atoms with van der Waals surface area (Å²) in [7, 11) is 0. The van der Waals surface area contributed by atoms with Crippen molar-refractivity contribution in [3.05, 3.63) is 52.3 Å². The molecule has 3 aliphatic carbocycles. The lowest BCUT2D eigenvalue weighted by molar-refractivity contribution is -0.0960. The number of imidazole rings is 1. The molecule has 1 aromatic carbocycles. The van der Waals surface area contributed by atoms with Crippen LogP contribution < -0.4 is 0 Å². The van der Waals surface area contributed by atoms with Crippen molar-refractivity contribution < 1.29 is 9.13 Å². The summed E-state index contributed by atoms with van der Waals surface area (Å²) in [5, 5.41) is 10.9. The van der Waals surface area contributed by atoms with Gasteiger partial charge in [0.25, 0.3) is 0 Å². The Balaban J connectivity index is 1.47. The first-order valence-electron chi connectivity index (χ1n) is 11.5. The molecule has 0 amide bonds. The number of rotatable bonds is 7. The number of nitriles is 1. The highest BCUT2D eigenvalue weighted by atomic mass is 35.5. The van der Waals surface area contributed by atoms with Gasteiger partial charge < -0.3 is 9.30 Å². The van der Waals surface area contributed by atoms with E-state index in [1.165, 1.54) is 37.8 Å². The van der Waals surface area contributed by atoms with Crippen molar-refractivity contribution in [1.29, 1.82) is 5.26 Å². The monoisotopic (exact) mass is 441 g/mol. The second-order valence-corrected chi connectivity index (χ2v) is 10.2. The van der Waals surface area contributed by atoms with Gasteiger partial charge in [0, 0.05) is 6.54 Å². The van der Waals surface area contributed by atoms with Crippen LogP contribution in [0.25, 0.3) is 0 Å². The fourth-order valence-corrected chi connectivity index (χ4v) is 5.13. The summed E-state index contributed by atoms with van der Waals surface area (Å²) in [6, 6.07) is 8.97. The van der Waals surface area contributed by atoms with Crippen molar-refractivity contribution in [2.75, 3.05) is 6.61 Å². The van der Waals surface area contributed by atoms with Crippen molar-refractivity contribution in [3.63, 3.8) is 0 Å². The largest absolute Gasteiger partial charge is 0.367 e. The van der Waals surface area contributed by atoms with Crippen molar-refractivity contribution in [3.8, 4) is 6.07 Å². The molecule has 0 unspecified atom stereocenters. The van der Waals surface area contributed by atoms with Gasteiger partial charge in [-0.3, -0.25) is 0 Å². The summed E-state index contributed by atoms with van der Waals surface area (Å²) >= 11 is 6.69. The number of benzene rings is 1. The molecule has 0 spiro atoms. The van der Waals surface area contributed by atoms with Gasteiger partial charge in [0.05, 0.1) is 23.8 Å². The third-order valence-electron chi connectivity index (χ3n) is 7.42. The van der Waals surface area contributed by atoms with Gasteiger partial charge in [-0.15, -0.1) is 0 Å². The van der Waals surface area contributed by atoms with E-state index in [1.54, 1.807) is 12.1 Å².